The second kappa shape index (κ2) is 14.9. The summed E-state index contributed by atoms with van der Waals surface area (Å²) in [7, 11) is 2.66. The largest absolute Gasteiger partial charge is 0.497 e. The van der Waals surface area contributed by atoms with Gasteiger partial charge in [0.2, 0.25) is 11.8 Å². The Morgan fingerprint density at radius 1 is 1.06 bits per heavy atom. The minimum atomic E-state index is -0.802. The van der Waals surface area contributed by atoms with E-state index in [9.17, 15) is 9.59 Å². The molecule has 4 heterocycles. The van der Waals surface area contributed by atoms with Crippen LogP contribution in [0, 0.1) is 17.0 Å². The number of benzene rings is 2. The lowest BCUT2D eigenvalue weighted by atomic mass is 9.81. The Labute approximate surface area is 304 Å². The number of nitrogens with one attached hydrogen (secondary N) is 2. The number of rotatable bonds is 7. The molecule has 3 aliphatic heterocycles. The summed E-state index contributed by atoms with van der Waals surface area (Å²) in [5.41, 5.74) is 13.8. The molecule has 1 aromatic heterocycles. The van der Waals surface area contributed by atoms with E-state index in [1.807, 2.05) is 36.9 Å². The zero-order valence-electron chi connectivity index (χ0n) is 30.4. The number of aromatic nitrogens is 1. The SMILES string of the molecule is C#[S-](NC(=O)c1ccc2c(C3CCCCC3)c3n(c2c1)CC(C(=NC)C(C=N)C(=O)N1CCN2CCCC2C1)=Cc1cc(OC)ccc1-3)C(C)C. The number of amides is 2. The summed E-state index contributed by atoms with van der Waals surface area (Å²) in [6.45, 7) is 7.78. The fraction of sp³-hybridized carbons (Fsp3) is 0.488. The van der Waals surface area contributed by atoms with Crippen LogP contribution >= 0.6 is 0 Å². The van der Waals surface area contributed by atoms with Crippen molar-refractivity contribution in [3.8, 4) is 22.7 Å². The quantitative estimate of drug-likeness (QED) is 0.212. The summed E-state index contributed by atoms with van der Waals surface area (Å²) in [6, 6.07) is 12.7. The molecule has 2 aromatic carbocycles. The first kappa shape index (κ1) is 35.3. The topological polar surface area (TPSA) is 103 Å². The normalized spacial score (nSPS) is 20.4. The molecule has 2 amide bonds. The Balaban J connectivity index is 1.37. The third kappa shape index (κ3) is 6.70. The van der Waals surface area contributed by atoms with E-state index in [0.29, 0.717) is 42.9 Å². The highest BCUT2D eigenvalue weighted by Gasteiger charge is 2.37. The van der Waals surface area contributed by atoms with E-state index < -0.39 is 16.4 Å². The zero-order valence-corrected chi connectivity index (χ0v) is 31.2. The van der Waals surface area contributed by atoms with Crippen LogP contribution in [0.4, 0.5) is 0 Å². The second-order valence-corrected chi connectivity index (χ2v) is 16.6. The average Bonchev–Trinajstić information content (AvgIpc) is 3.70. The Morgan fingerprint density at radius 3 is 2.59 bits per heavy atom. The smallest absolute Gasteiger partial charge is 0.237 e. The van der Waals surface area contributed by atoms with Crippen molar-refractivity contribution in [2.45, 2.75) is 82.5 Å². The third-order valence-electron chi connectivity index (χ3n) is 11.5. The summed E-state index contributed by atoms with van der Waals surface area (Å²) in [5.74, 6) is 0.0834. The molecule has 3 fully saturated rings. The molecule has 1 aliphatic carbocycles. The van der Waals surface area contributed by atoms with Crippen LogP contribution in [0.2, 0.25) is 0 Å². The predicted molar refractivity (Wildman–Crippen MR) is 209 cm³/mol. The van der Waals surface area contributed by atoms with E-state index in [-0.39, 0.29) is 17.1 Å². The molecule has 2 N–H and O–H groups in total. The van der Waals surface area contributed by atoms with Gasteiger partial charge in [-0.25, -0.2) is 0 Å². The molecule has 7 rings (SSSR count). The van der Waals surface area contributed by atoms with Crippen molar-refractivity contribution in [3.05, 3.63) is 58.7 Å². The minimum absolute atomic E-state index is 0.0603. The van der Waals surface area contributed by atoms with Gasteiger partial charge < -0.3 is 40.5 Å². The van der Waals surface area contributed by atoms with Gasteiger partial charge in [-0.3, -0.25) is 19.5 Å². The van der Waals surface area contributed by atoms with Gasteiger partial charge in [0.05, 0.1) is 25.1 Å². The van der Waals surface area contributed by atoms with Crippen molar-refractivity contribution in [3.63, 3.8) is 0 Å². The van der Waals surface area contributed by atoms with Crippen molar-refractivity contribution in [1.29, 1.82) is 5.41 Å². The van der Waals surface area contributed by atoms with E-state index in [1.165, 1.54) is 37.5 Å². The predicted octanol–water partition coefficient (Wildman–Crippen LogP) is 6.67. The average molecular weight is 708 g/mol. The van der Waals surface area contributed by atoms with E-state index in [4.69, 9.17) is 20.8 Å². The molecule has 0 radical (unpaired) electrons. The summed E-state index contributed by atoms with van der Waals surface area (Å²) in [5, 5.41) is 9.85. The molecule has 0 spiro atoms. The second-order valence-electron chi connectivity index (χ2n) is 14.8. The Morgan fingerprint density at radius 2 is 1.86 bits per heavy atom. The number of hydrogen-bond acceptors (Lipinski definition) is 7. The fourth-order valence-electron chi connectivity index (χ4n) is 8.76. The Hall–Kier alpha value is -4.11. The van der Waals surface area contributed by atoms with Gasteiger partial charge >= 0.3 is 0 Å². The summed E-state index contributed by atoms with van der Waals surface area (Å²) in [6.07, 6.45) is 11.5. The van der Waals surface area contributed by atoms with Gasteiger partial charge in [-0.2, -0.15) is 0 Å². The van der Waals surface area contributed by atoms with Crippen molar-refractivity contribution in [2.75, 3.05) is 40.3 Å². The molecule has 9 nitrogen and oxygen atoms in total. The van der Waals surface area contributed by atoms with Crippen molar-refractivity contribution < 1.29 is 14.3 Å². The third-order valence-corrected chi connectivity index (χ3v) is 12.9. The molecule has 2 atom stereocenters. The number of nitrogens with zero attached hydrogens (tertiary/aromatic N) is 4. The maximum Gasteiger partial charge on any atom is 0.237 e. The van der Waals surface area contributed by atoms with Crippen LogP contribution in [0.15, 0.2) is 47.0 Å². The van der Waals surface area contributed by atoms with Gasteiger partial charge in [0.25, 0.3) is 0 Å². The molecule has 0 bridgehead atoms. The summed E-state index contributed by atoms with van der Waals surface area (Å²) >= 11 is 0. The van der Waals surface area contributed by atoms with Crippen molar-refractivity contribution >= 4 is 51.2 Å². The first-order chi connectivity index (χ1) is 24.7. The van der Waals surface area contributed by atoms with Crippen LogP contribution in [0.3, 0.4) is 0 Å². The molecular formula is C41H51N6O3S-. The molecule has 1 saturated carbocycles. The lowest BCUT2D eigenvalue weighted by Crippen LogP contribution is -2.54. The maximum atomic E-state index is 14.3. The van der Waals surface area contributed by atoms with Crippen LogP contribution < -0.4 is 9.46 Å². The van der Waals surface area contributed by atoms with Gasteiger partial charge in [0, 0.05) is 61.0 Å². The lowest BCUT2D eigenvalue weighted by Gasteiger charge is -2.38. The molecule has 4 aliphatic rings. The number of carbonyl (C=O) groups is 2. The first-order valence-corrected chi connectivity index (χ1v) is 19.9. The number of fused-ring (bicyclic) bond motifs is 6. The number of carbonyl (C=O) groups excluding carboxylic acids is 2. The van der Waals surface area contributed by atoms with Crippen LogP contribution in [-0.2, 0) is 21.8 Å². The highest BCUT2D eigenvalue weighted by atomic mass is 32.2. The van der Waals surface area contributed by atoms with Crippen LogP contribution in [0.1, 0.15) is 86.2 Å². The zero-order chi connectivity index (χ0) is 35.8. The van der Waals surface area contributed by atoms with Gasteiger partial charge in [-0.15, -0.1) is 5.25 Å². The maximum absolute atomic E-state index is 14.3. The van der Waals surface area contributed by atoms with Gasteiger partial charge in [0.1, 0.15) is 11.7 Å². The molecule has 51 heavy (non-hydrogen) atoms. The molecule has 2 saturated heterocycles. The number of aliphatic imine (C=N–C) groups is 1. The summed E-state index contributed by atoms with van der Waals surface area (Å²) < 4.78 is 11.1. The molecule has 2 unspecified atom stereocenters. The van der Waals surface area contributed by atoms with Crippen LogP contribution in [-0.4, -0.2) is 89.7 Å². The molecule has 270 valence electrons. The number of allylic oxidation sites excluding steroid dienone is 1. The van der Waals surface area contributed by atoms with Crippen molar-refractivity contribution in [2.24, 2.45) is 10.9 Å². The first-order valence-electron chi connectivity index (χ1n) is 18.6. The van der Waals surface area contributed by atoms with E-state index in [1.54, 1.807) is 14.2 Å². The fourth-order valence-corrected chi connectivity index (χ4v) is 9.33. The van der Waals surface area contributed by atoms with Gasteiger partial charge in [-0.05, 0) is 91.3 Å². The molecular weight excluding hydrogens is 657 g/mol. The standard InChI is InChI=1S/C41H51N6O3S/c1-26(2)51(5)44-40(48)28-13-15-34-36(22-28)47-24-30(38(43-3)35(23-42)41(49)46-19-18-45-17-9-12-31(45)25-46)20-29-21-32(50-4)14-16-33(29)39(47)37(34)27-10-7-6-8-11-27/h5,13-16,20-23,26-27,31,35,42H,6-12,17-19,24-25H2,1-4H3,(H,44,48)/q-1. The highest BCUT2D eigenvalue weighted by molar-refractivity contribution is 7.85. The van der Waals surface area contributed by atoms with Crippen LogP contribution in [0.5, 0.6) is 5.75 Å². The highest BCUT2D eigenvalue weighted by Crippen LogP contribution is 2.47. The van der Waals surface area contributed by atoms with Crippen molar-refractivity contribution in [1.82, 2.24) is 19.1 Å². The van der Waals surface area contributed by atoms with E-state index in [2.05, 4.69) is 38.5 Å². The lowest BCUT2D eigenvalue weighted by molar-refractivity contribution is -0.134. The van der Waals surface area contributed by atoms with E-state index >= 15 is 0 Å². The molecule has 3 aromatic rings. The Kier molecular flexibility index (Phi) is 10.3. The van der Waals surface area contributed by atoms with Crippen LogP contribution in [0.25, 0.3) is 28.2 Å². The monoisotopic (exact) mass is 707 g/mol. The minimum Gasteiger partial charge on any atom is -0.497 e. The number of ether oxygens (including phenoxy) is 1. The van der Waals surface area contributed by atoms with Gasteiger partial charge in [-0.1, -0.05) is 39.2 Å². The van der Waals surface area contributed by atoms with E-state index in [0.717, 1.165) is 71.4 Å². The van der Waals surface area contributed by atoms with Gasteiger partial charge in [0.15, 0.2) is 0 Å². The molecule has 10 heteroatoms. The number of methoxy groups -OCH3 is 1. The number of piperazine rings is 1. The summed E-state index contributed by atoms with van der Waals surface area (Å²) in [4.78, 5) is 37.1. The Bertz CT molecular complexity index is 1990. The number of hydrogen-bond donors (Lipinski definition) is 2.